The van der Waals surface area contributed by atoms with Crippen molar-refractivity contribution in [1.82, 2.24) is 15.6 Å². The van der Waals surface area contributed by atoms with Crippen LogP contribution in [0.15, 0.2) is 47.6 Å². The maximum absolute atomic E-state index is 4.75. The highest BCUT2D eigenvalue weighted by Gasteiger charge is 2.12. The van der Waals surface area contributed by atoms with Crippen LogP contribution in [0.25, 0.3) is 0 Å². The van der Waals surface area contributed by atoms with Crippen molar-refractivity contribution in [2.45, 2.75) is 46.2 Å². The van der Waals surface area contributed by atoms with Crippen molar-refractivity contribution in [3.63, 3.8) is 0 Å². The summed E-state index contributed by atoms with van der Waals surface area (Å²) in [6.45, 7) is 8.67. The maximum Gasteiger partial charge on any atom is 0.191 e. The van der Waals surface area contributed by atoms with E-state index in [4.69, 9.17) is 4.99 Å². The summed E-state index contributed by atoms with van der Waals surface area (Å²) in [5.41, 5.74) is 3.72. The van der Waals surface area contributed by atoms with Gasteiger partial charge in [-0.25, -0.2) is 9.98 Å². The molecule has 5 nitrogen and oxygen atoms in total. The van der Waals surface area contributed by atoms with Crippen molar-refractivity contribution in [1.29, 1.82) is 0 Å². The van der Waals surface area contributed by atoms with E-state index in [-0.39, 0.29) is 24.0 Å². The number of aryl methyl sites for hydroxylation is 1. The third-order valence-electron chi connectivity index (χ3n) is 4.83. The lowest BCUT2D eigenvalue weighted by Gasteiger charge is -2.27. The minimum absolute atomic E-state index is 0. The van der Waals surface area contributed by atoms with E-state index in [1.807, 2.05) is 6.20 Å². The Morgan fingerprint density at radius 2 is 1.79 bits per heavy atom. The Hall–Kier alpha value is -1.83. The Kier molecular flexibility index (Phi) is 9.54. The van der Waals surface area contributed by atoms with E-state index >= 15 is 0 Å². The summed E-state index contributed by atoms with van der Waals surface area (Å²) in [5, 5.41) is 6.74. The lowest BCUT2D eigenvalue weighted by atomic mass is 10.1. The number of nitrogens with zero attached hydrogens (tertiary/aromatic N) is 3. The molecule has 2 heterocycles. The number of aromatic nitrogens is 1. The summed E-state index contributed by atoms with van der Waals surface area (Å²) >= 11 is 0. The van der Waals surface area contributed by atoms with E-state index in [9.17, 15) is 0 Å². The molecule has 0 spiro atoms. The smallest absolute Gasteiger partial charge is 0.191 e. The maximum atomic E-state index is 4.75. The van der Waals surface area contributed by atoms with Crippen LogP contribution in [0.1, 0.15) is 42.9 Å². The fraction of sp³-hybridized carbons (Fsp3) is 0.455. The first-order chi connectivity index (χ1) is 13.2. The molecule has 1 fully saturated rings. The Morgan fingerprint density at radius 1 is 1.04 bits per heavy atom. The van der Waals surface area contributed by atoms with Gasteiger partial charge in [-0.3, -0.25) is 0 Å². The van der Waals surface area contributed by atoms with Crippen molar-refractivity contribution in [2.24, 2.45) is 4.99 Å². The third-order valence-corrected chi connectivity index (χ3v) is 4.83. The highest BCUT2D eigenvalue weighted by atomic mass is 127. The quantitative estimate of drug-likeness (QED) is 0.359. The van der Waals surface area contributed by atoms with Crippen molar-refractivity contribution in [3.8, 4) is 0 Å². The van der Waals surface area contributed by atoms with Crippen molar-refractivity contribution in [2.75, 3.05) is 24.5 Å². The van der Waals surface area contributed by atoms with Gasteiger partial charge >= 0.3 is 0 Å². The van der Waals surface area contributed by atoms with Crippen LogP contribution in [0.3, 0.4) is 0 Å². The molecule has 0 amide bonds. The van der Waals surface area contributed by atoms with Gasteiger partial charge in [0.25, 0.3) is 0 Å². The Labute approximate surface area is 186 Å². The molecule has 0 radical (unpaired) electrons. The van der Waals surface area contributed by atoms with Crippen molar-refractivity contribution >= 4 is 35.8 Å². The monoisotopic (exact) mass is 493 g/mol. The molecule has 1 aliphatic rings. The first-order valence-electron chi connectivity index (χ1n) is 10.0. The van der Waals surface area contributed by atoms with E-state index in [0.29, 0.717) is 6.54 Å². The molecule has 0 saturated carbocycles. The van der Waals surface area contributed by atoms with E-state index < -0.39 is 0 Å². The number of rotatable bonds is 6. The largest absolute Gasteiger partial charge is 0.357 e. The van der Waals surface area contributed by atoms with Gasteiger partial charge < -0.3 is 15.5 Å². The predicted molar refractivity (Wildman–Crippen MR) is 129 cm³/mol. The lowest BCUT2D eigenvalue weighted by molar-refractivity contribution is 0.573. The zero-order valence-corrected chi connectivity index (χ0v) is 19.3. The van der Waals surface area contributed by atoms with Gasteiger partial charge in [0.2, 0.25) is 0 Å². The molecule has 1 aromatic heterocycles. The molecule has 152 valence electrons. The second-order valence-electron chi connectivity index (χ2n) is 7.10. The molecule has 1 aliphatic heterocycles. The fourth-order valence-electron chi connectivity index (χ4n) is 3.26. The molecule has 0 bridgehead atoms. The van der Waals surface area contributed by atoms with Crippen LogP contribution in [0.4, 0.5) is 5.82 Å². The number of guanidine groups is 1. The molecular weight excluding hydrogens is 461 g/mol. The molecular formula is C22H32IN5. The Bertz CT molecular complexity index is 739. The average Bonchev–Trinajstić information content (AvgIpc) is 2.72. The van der Waals surface area contributed by atoms with Gasteiger partial charge in [0.15, 0.2) is 5.96 Å². The number of anilines is 1. The van der Waals surface area contributed by atoms with Crippen molar-refractivity contribution in [3.05, 3.63) is 59.3 Å². The molecule has 3 rings (SSSR count). The molecule has 2 N–H and O–H groups in total. The fourth-order valence-corrected chi connectivity index (χ4v) is 3.26. The summed E-state index contributed by atoms with van der Waals surface area (Å²) < 4.78 is 0. The molecule has 1 aromatic carbocycles. The third kappa shape index (κ3) is 6.96. The SMILES string of the molecule is CCNC(=NCc1ccnc(N2CCCCC2)c1)NCc1ccc(C)cc1.I. The van der Waals surface area contributed by atoms with Crippen molar-refractivity contribution < 1.29 is 0 Å². The number of nitrogens with one attached hydrogen (secondary N) is 2. The van der Waals surface area contributed by atoms with E-state index in [1.54, 1.807) is 0 Å². The van der Waals surface area contributed by atoms with Gasteiger partial charge in [-0.15, -0.1) is 24.0 Å². The molecule has 1 saturated heterocycles. The standard InChI is InChI=1S/C22H31N5.HI/c1-3-23-22(25-16-19-9-7-18(2)8-10-19)26-17-20-11-12-24-21(15-20)27-13-5-4-6-14-27;/h7-12,15H,3-6,13-14,16-17H2,1-2H3,(H2,23,25,26);1H. The second-order valence-corrected chi connectivity index (χ2v) is 7.10. The minimum atomic E-state index is 0. The van der Waals surface area contributed by atoms with Gasteiger partial charge in [0.1, 0.15) is 5.82 Å². The van der Waals surface area contributed by atoms with Gasteiger partial charge in [0, 0.05) is 32.4 Å². The summed E-state index contributed by atoms with van der Waals surface area (Å²) in [6, 6.07) is 12.8. The van der Waals surface area contributed by atoms with Gasteiger partial charge in [0.05, 0.1) is 6.54 Å². The molecule has 28 heavy (non-hydrogen) atoms. The van der Waals surface area contributed by atoms with Crippen LogP contribution in [0, 0.1) is 6.92 Å². The van der Waals surface area contributed by atoms with Gasteiger partial charge in [-0.2, -0.15) is 0 Å². The highest BCUT2D eigenvalue weighted by molar-refractivity contribution is 14.0. The molecule has 0 aliphatic carbocycles. The number of piperidine rings is 1. The summed E-state index contributed by atoms with van der Waals surface area (Å²) in [5.74, 6) is 1.93. The molecule has 6 heteroatoms. The van der Waals surface area contributed by atoms with Crippen LogP contribution >= 0.6 is 24.0 Å². The summed E-state index contributed by atoms with van der Waals surface area (Å²) in [6.07, 6.45) is 5.76. The topological polar surface area (TPSA) is 52.6 Å². The number of benzene rings is 1. The normalized spacial score (nSPS) is 14.4. The number of pyridine rings is 1. The van der Waals surface area contributed by atoms with Crippen LogP contribution in [-0.2, 0) is 13.1 Å². The minimum Gasteiger partial charge on any atom is -0.357 e. The van der Waals surface area contributed by atoms with E-state index in [1.165, 1.54) is 36.0 Å². The Morgan fingerprint density at radius 3 is 2.50 bits per heavy atom. The number of hydrogen-bond donors (Lipinski definition) is 2. The predicted octanol–water partition coefficient (Wildman–Crippen LogP) is 4.25. The first-order valence-corrected chi connectivity index (χ1v) is 10.0. The summed E-state index contributed by atoms with van der Waals surface area (Å²) in [4.78, 5) is 11.7. The zero-order chi connectivity index (χ0) is 18.9. The van der Waals surface area contributed by atoms with Crippen LogP contribution < -0.4 is 15.5 Å². The number of halogens is 1. The van der Waals surface area contributed by atoms with Gasteiger partial charge in [-0.1, -0.05) is 29.8 Å². The number of hydrogen-bond acceptors (Lipinski definition) is 3. The molecule has 2 aromatic rings. The molecule has 0 atom stereocenters. The van der Waals surface area contributed by atoms with E-state index in [2.05, 4.69) is 70.8 Å². The Balaban J connectivity index is 0.00000280. The van der Waals surface area contributed by atoms with Gasteiger partial charge in [-0.05, 0) is 56.4 Å². The van der Waals surface area contributed by atoms with E-state index in [0.717, 1.165) is 38.0 Å². The summed E-state index contributed by atoms with van der Waals surface area (Å²) in [7, 11) is 0. The van der Waals surface area contributed by atoms with Crippen LogP contribution in [0.2, 0.25) is 0 Å². The van der Waals surface area contributed by atoms with Crippen LogP contribution in [-0.4, -0.2) is 30.6 Å². The average molecular weight is 493 g/mol. The molecule has 0 unspecified atom stereocenters. The van der Waals surface area contributed by atoms with Crippen LogP contribution in [0.5, 0.6) is 0 Å². The first kappa shape index (κ1) is 22.5. The number of aliphatic imine (C=N–C) groups is 1. The zero-order valence-electron chi connectivity index (χ0n) is 16.9. The lowest BCUT2D eigenvalue weighted by Crippen LogP contribution is -2.36. The highest BCUT2D eigenvalue weighted by Crippen LogP contribution is 2.18. The second kappa shape index (κ2) is 11.9.